The molecule has 8 atom stereocenters. The number of nitrogens with one attached hydrogen (secondary N) is 1. The van der Waals surface area contributed by atoms with Crippen molar-refractivity contribution < 1.29 is 40.7 Å². The highest BCUT2D eigenvalue weighted by Gasteiger charge is 2.49. The van der Waals surface area contributed by atoms with Crippen LogP contribution >= 0.6 is 0 Å². The van der Waals surface area contributed by atoms with Gasteiger partial charge in [-0.1, -0.05) is 22.8 Å². The number of azide groups is 1. The molecule has 2 N–H and O–H groups in total. The van der Waals surface area contributed by atoms with Crippen molar-refractivity contribution in [3.05, 3.63) is 73.4 Å². The summed E-state index contributed by atoms with van der Waals surface area (Å²) in [5.41, 5.74) is 7.95. The average Bonchev–Trinajstić information content (AvgIpc) is 3.40. The molecule has 0 amide bonds. The molecule has 0 spiro atoms. The van der Waals surface area contributed by atoms with Gasteiger partial charge in [0.25, 0.3) is 15.7 Å². The zero-order valence-corrected chi connectivity index (χ0v) is 21.2. The van der Waals surface area contributed by atoms with Gasteiger partial charge in [0.15, 0.2) is 18.7 Å². The molecular formula is C22H25F2N5O9S. The van der Waals surface area contributed by atoms with Gasteiger partial charge in [0.1, 0.15) is 18.4 Å². The van der Waals surface area contributed by atoms with E-state index in [1.807, 2.05) is 4.98 Å². The number of ether oxygens (including phenoxy) is 3. The number of hydrogen-bond acceptors (Lipinski definition) is 10. The summed E-state index contributed by atoms with van der Waals surface area (Å²) < 4.78 is 76.9. The summed E-state index contributed by atoms with van der Waals surface area (Å²) in [5, 5.41) is 13.7. The van der Waals surface area contributed by atoms with E-state index in [-0.39, 0.29) is 11.3 Å². The van der Waals surface area contributed by atoms with Gasteiger partial charge in [0.2, 0.25) is 0 Å². The number of hydrogen-bond donors (Lipinski definition) is 2. The molecule has 4 rings (SSSR count). The van der Waals surface area contributed by atoms with E-state index in [1.165, 1.54) is 12.1 Å². The molecule has 0 unspecified atom stereocenters. The summed E-state index contributed by atoms with van der Waals surface area (Å²) in [4.78, 5) is 27.8. The normalized spacial score (nSPS) is 29.7. The maximum atomic E-state index is 14.9. The van der Waals surface area contributed by atoms with Crippen molar-refractivity contribution >= 4 is 10.1 Å². The molecule has 0 bridgehead atoms. The lowest BCUT2D eigenvalue weighted by Gasteiger charge is -2.26. The Bertz CT molecular complexity index is 1430. The van der Waals surface area contributed by atoms with Crippen LogP contribution in [0.3, 0.4) is 0 Å². The fourth-order valence-electron chi connectivity index (χ4n) is 4.17. The third kappa shape index (κ3) is 6.52. The van der Waals surface area contributed by atoms with Gasteiger partial charge in [0, 0.05) is 23.6 Å². The minimum Gasteiger partial charge on any atom is -0.387 e. The van der Waals surface area contributed by atoms with Crippen LogP contribution in [0.5, 0.6) is 0 Å². The summed E-state index contributed by atoms with van der Waals surface area (Å²) in [7, 11) is -4.24. The molecule has 2 saturated heterocycles. The second kappa shape index (κ2) is 11.9. The number of aromatic nitrogens is 2. The van der Waals surface area contributed by atoms with Crippen molar-refractivity contribution in [2.45, 2.75) is 67.5 Å². The van der Waals surface area contributed by atoms with Crippen molar-refractivity contribution in [1.82, 2.24) is 9.55 Å². The van der Waals surface area contributed by atoms with Gasteiger partial charge >= 0.3 is 5.69 Å². The summed E-state index contributed by atoms with van der Waals surface area (Å²) in [5.74, 6) is 0. The summed E-state index contributed by atoms with van der Waals surface area (Å²) in [6.07, 6.45) is -12.2. The van der Waals surface area contributed by atoms with E-state index in [1.54, 1.807) is 19.1 Å². The lowest BCUT2D eigenvalue weighted by atomic mass is 10.1. The maximum Gasteiger partial charge on any atom is 0.330 e. The number of aryl methyl sites for hydroxylation is 1. The Labute approximate surface area is 219 Å². The van der Waals surface area contributed by atoms with Gasteiger partial charge in [-0.05, 0) is 24.6 Å². The van der Waals surface area contributed by atoms with E-state index in [0.29, 0.717) is 0 Å². The van der Waals surface area contributed by atoms with E-state index in [9.17, 15) is 31.9 Å². The molecule has 14 nitrogen and oxygen atoms in total. The zero-order chi connectivity index (χ0) is 28.3. The second-order valence-electron chi connectivity index (χ2n) is 8.95. The van der Waals surface area contributed by atoms with Crippen LogP contribution in [-0.2, 0) is 28.5 Å². The topological polar surface area (TPSA) is 195 Å². The van der Waals surface area contributed by atoms with Crippen LogP contribution in [0.25, 0.3) is 10.4 Å². The van der Waals surface area contributed by atoms with Gasteiger partial charge in [0.05, 0.1) is 30.3 Å². The molecule has 3 heterocycles. The van der Waals surface area contributed by atoms with E-state index in [2.05, 4.69) is 10.0 Å². The zero-order valence-electron chi connectivity index (χ0n) is 20.4. The smallest absolute Gasteiger partial charge is 0.330 e. The van der Waals surface area contributed by atoms with Gasteiger partial charge in [-0.25, -0.2) is 13.6 Å². The molecular weight excluding hydrogens is 548 g/mol. The molecule has 2 aliphatic heterocycles. The van der Waals surface area contributed by atoms with Crippen LogP contribution in [0.15, 0.2) is 56.1 Å². The first-order valence-corrected chi connectivity index (χ1v) is 13.1. The molecule has 1 aromatic carbocycles. The number of aliphatic hydroxyl groups is 1. The molecule has 2 fully saturated rings. The lowest BCUT2D eigenvalue weighted by Crippen LogP contribution is -2.39. The van der Waals surface area contributed by atoms with Gasteiger partial charge in [-0.3, -0.25) is 18.5 Å². The minimum absolute atomic E-state index is 0.144. The average molecular weight is 574 g/mol. The number of aliphatic hydroxyl groups excluding tert-OH is 1. The Morgan fingerprint density at radius 3 is 2.64 bits per heavy atom. The van der Waals surface area contributed by atoms with Crippen LogP contribution in [0.2, 0.25) is 0 Å². The predicted octanol–water partition coefficient (Wildman–Crippen LogP) is 0.996. The van der Waals surface area contributed by atoms with E-state index in [4.69, 9.17) is 23.9 Å². The number of aromatic amines is 1. The van der Waals surface area contributed by atoms with Crippen molar-refractivity contribution in [3.8, 4) is 0 Å². The van der Waals surface area contributed by atoms with Gasteiger partial charge < -0.3 is 19.3 Å². The largest absolute Gasteiger partial charge is 0.387 e. The molecule has 2 aromatic rings. The third-order valence-electron chi connectivity index (χ3n) is 6.23. The molecule has 39 heavy (non-hydrogen) atoms. The van der Waals surface area contributed by atoms with Crippen molar-refractivity contribution in [3.63, 3.8) is 0 Å². The monoisotopic (exact) mass is 573 g/mol. The van der Waals surface area contributed by atoms with Crippen LogP contribution in [0.1, 0.15) is 18.2 Å². The van der Waals surface area contributed by atoms with Crippen molar-refractivity contribution in [2.75, 3.05) is 13.2 Å². The fraction of sp³-hybridized carbons (Fsp3) is 0.545. The highest BCUT2D eigenvalue weighted by Crippen LogP contribution is 2.35. The molecule has 2 aliphatic rings. The van der Waals surface area contributed by atoms with Gasteiger partial charge in [-0.2, -0.15) is 8.42 Å². The third-order valence-corrected chi connectivity index (χ3v) is 7.52. The van der Waals surface area contributed by atoms with E-state index < -0.39 is 83.8 Å². The number of nitrogens with zero attached hydrogens (tertiary/aromatic N) is 4. The standard InChI is InChI=1S/C22H25F2N5O9S/c1-11-2-4-12(5-3-11)39(33,34)35-10-16-19(31)18(24)21(38-16)37-15(9-26-28-25)14-8-13(23)20(36-14)29-7-6-17(30)27-22(29)32/h2-7,13-16,18-21,31H,8-10H2,1H3,(H,27,30,32)/t13-,14+,15-,16-,18+,19-,20-,21-/m1/s1. The first kappa shape index (κ1) is 28.8. The SMILES string of the molecule is Cc1ccc(S(=O)(=O)OC[C@H]2O[C@@H](O[C@H](CN=[N+]=[N-])[C@@H]3C[C@@H](F)[C@H](n4ccc(=O)[nH]c4=O)O3)[C@@H](F)[C@@H]2O)cc1. The van der Waals surface area contributed by atoms with E-state index >= 15 is 0 Å². The van der Waals surface area contributed by atoms with E-state index in [0.717, 1.165) is 22.4 Å². The summed E-state index contributed by atoms with van der Waals surface area (Å²) >= 11 is 0. The molecule has 0 saturated carbocycles. The number of benzene rings is 1. The Morgan fingerprint density at radius 1 is 1.26 bits per heavy atom. The van der Waals surface area contributed by atoms with Crippen LogP contribution in [0, 0.1) is 6.92 Å². The maximum absolute atomic E-state index is 14.9. The van der Waals surface area contributed by atoms with Crippen LogP contribution < -0.4 is 11.2 Å². The number of halogens is 2. The Balaban J connectivity index is 1.43. The number of rotatable bonds is 10. The molecule has 212 valence electrons. The Morgan fingerprint density at radius 2 is 1.97 bits per heavy atom. The number of H-pyrrole nitrogens is 1. The van der Waals surface area contributed by atoms with Gasteiger partial charge in [-0.15, -0.1) is 0 Å². The quantitative estimate of drug-likeness (QED) is 0.180. The first-order valence-electron chi connectivity index (χ1n) is 11.7. The van der Waals surface area contributed by atoms with Crippen molar-refractivity contribution in [2.24, 2.45) is 5.11 Å². The molecule has 17 heteroatoms. The molecule has 1 aromatic heterocycles. The van der Waals surface area contributed by atoms with Crippen LogP contribution in [-0.4, -0.2) is 79.3 Å². The fourth-order valence-corrected chi connectivity index (χ4v) is 5.09. The summed E-state index contributed by atoms with van der Waals surface area (Å²) in [6.45, 7) is 0.583. The Hall–Kier alpha value is -3.18. The Kier molecular flexibility index (Phi) is 8.80. The van der Waals surface area contributed by atoms with Crippen molar-refractivity contribution in [1.29, 1.82) is 0 Å². The summed E-state index contributed by atoms with van der Waals surface area (Å²) in [6, 6.07) is 6.78. The highest BCUT2D eigenvalue weighted by atomic mass is 32.2. The molecule has 0 aliphatic carbocycles. The van der Waals surface area contributed by atoms with Crippen LogP contribution in [0.4, 0.5) is 8.78 Å². The predicted molar refractivity (Wildman–Crippen MR) is 128 cm³/mol. The first-order chi connectivity index (χ1) is 18.5. The minimum atomic E-state index is -4.24. The number of alkyl halides is 2. The highest BCUT2D eigenvalue weighted by molar-refractivity contribution is 7.86. The second-order valence-corrected chi connectivity index (χ2v) is 10.6. The lowest BCUT2D eigenvalue weighted by molar-refractivity contribution is -0.205. The molecule has 0 radical (unpaired) electrons.